The first-order chi connectivity index (χ1) is 10.7. The summed E-state index contributed by atoms with van der Waals surface area (Å²) in [5.74, 6) is -0.0304. The highest BCUT2D eigenvalue weighted by molar-refractivity contribution is 5.75. The first-order valence-corrected chi connectivity index (χ1v) is 6.85. The van der Waals surface area contributed by atoms with E-state index in [1.54, 1.807) is 18.2 Å². The molecule has 3 aromatic rings. The second kappa shape index (κ2) is 6.10. The van der Waals surface area contributed by atoms with Crippen molar-refractivity contribution < 1.29 is 5.11 Å². The van der Waals surface area contributed by atoms with Gasteiger partial charge in [-0.15, -0.1) is 0 Å². The lowest BCUT2D eigenvalue weighted by molar-refractivity contribution is 0.438. The number of rotatable bonds is 3. The van der Waals surface area contributed by atoms with E-state index in [1.807, 2.05) is 42.5 Å². The minimum absolute atomic E-state index is 0.0304. The molecule has 1 aromatic heterocycles. The molecule has 0 atom stereocenters. The van der Waals surface area contributed by atoms with Gasteiger partial charge in [0.05, 0.1) is 11.0 Å². The fourth-order valence-electron chi connectivity index (χ4n) is 2.08. The topological polar surface area (TPSA) is 66.0 Å². The van der Waals surface area contributed by atoms with Crippen LogP contribution in [0.25, 0.3) is 23.2 Å². The zero-order chi connectivity index (χ0) is 15.4. The number of aliphatic hydroxyl groups is 1. The maximum atomic E-state index is 11.9. The number of benzene rings is 2. The Kier molecular flexibility index (Phi) is 3.83. The van der Waals surface area contributed by atoms with Crippen LogP contribution in [0.2, 0.25) is 0 Å². The number of allylic oxidation sites excluding steroid dienone is 1. The molecule has 4 heteroatoms. The number of hydrogen-bond donors (Lipinski definition) is 2. The molecule has 4 nitrogen and oxygen atoms in total. The zero-order valence-corrected chi connectivity index (χ0v) is 11.7. The summed E-state index contributed by atoms with van der Waals surface area (Å²) in [7, 11) is 0. The molecule has 0 spiro atoms. The van der Waals surface area contributed by atoms with E-state index >= 15 is 0 Å². The van der Waals surface area contributed by atoms with Crippen molar-refractivity contribution >= 4 is 23.2 Å². The van der Waals surface area contributed by atoms with Crippen LogP contribution in [-0.2, 0) is 0 Å². The number of H-pyrrole nitrogens is 1. The molecule has 0 saturated carbocycles. The van der Waals surface area contributed by atoms with E-state index in [2.05, 4.69) is 9.97 Å². The van der Waals surface area contributed by atoms with Crippen LogP contribution in [0, 0.1) is 0 Å². The van der Waals surface area contributed by atoms with Gasteiger partial charge in [0.1, 0.15) is 11.5 Å². The minimum Gasteiger partial charge on any atom is -0.508 e. The van der Waals surface area contributed by atoms with Crippen molar-refractivity contribution in [2.45, 2.75) is 0 Å². The molecule has 0 aliphatic heterocycles. The number of aliphatic hydroxyl groups excluding tert-OH is 1. The molecule has 0 aliphatic carbocycles. The van der Waals surface area contributed by atoms with Crippen molar-refractivity contribution in [1.82, 2.24) is 9.97 Å². The van der Waals surface area contributed by atoms with Gasteiger partial charge in [-0.05, 0) is 23.8 Å². The number of para-hydroxylation sites is 2. The highest BCUT2D eigenvalue weighted by atomic mass is 16.3. The lowest BCUT2D eigenvalue weighted by atomic mass is 10.2. The largest absolute Gasteiger partial charge is 0.508 e. The third kappa shape index (κ3) is 3.12. The summed E-state index contributed by atoms with van der Waals surface area (Å²) in [5, 5.41) is 9.94. The Bertz CT molecular complexity index is 909. The van der Waals surface area contributed by atoms with Gasteiger partial charge in [-0.3, -0.25) is 4.79 Å². The van der Waals surface area contributed by atoms with E-state index in [4.69, 9.17) is 0 Å². The summed E-state index contributed by atoms with van der Waals surface area (Å²) in [4.78, 5) is 18.9. The number of nitrogens with one attached hydrogen (secondary N) is 1. The van der Waals surface area contributed by atoms with Crippen molar-refractivity contribution in [3.8, 4) is 0 Å². The Labute approximate surface area is 127 Å². The van der Waals surface area contributed by atoms with E-state index in [0.717, 1.165) is 5.56 Å². The van der Waals surface area contributed by atoms with Gasteiger partial charge in [-0.2, -0.15) is 0 Å². The SMILES string of the molecule is O=c1[nH]c2ccccc2nc1/C=C(O)/C=C/c1ccccc1. The average molecular weight is 290 g/mol. The maximum absolute atomic E-state index is 11.9. The number of aromatic nitrogens is 2. The Morgan fingerprint density at radius 2 is 1.77 bits per heavy atom. The smallest absolute Gasteiger partial charge is 0.274 e. The summed E-state index contributed by atoms with van der Waals surface area (Å²) in [6, 6.07) is 16.9. The van der Waals surface area contributed by atoms with Crippen molar-refractivity contribution in [1.29, 1.82) is 0 Å². The molecular formula is C18H14N2O2. The Balaban J connectivity index is 1.92. The van der Waals surface area contributed by atoms with Gasteiger partial charge in [0.2, 0.25) is 0 Å². The fourth-order valence-corrected chi connectivity index (χ4v) is 2.08. The van der Waals surface area contributed by atoms with Gasteiger partial charge < -0.3 is 10.1 Å². The Morgan fingerprint density at radius 1 is 1.05 bits per heavy atom. The summed E-state index contributed by atoms with van der Waals surface area (Å²) < 4.78 is 0. The normalized spacial score (nSPS) is 12.1. The van der Waals surface area contributed by atoms with Crippen LogP contribution in [0.5, 0.6) is 0 Å². The van der Waals surface area contributed by atoms with Gasteiger partial charge in [0.15, 0.2) is 0 Å². The Morgan fingerprint density at radius 3 is 2.59 bits per heavy atom. The quantitative estimate of drug-likeness (QED) is 0.573. The number of nitrogens with zero attached hydrogens (tertiary/aromatic N) is 1. The summed E-state index contributed by atoms with van der Waals surface area (Å²) in [6.45, 7) is 0. The van der Waals surface area contributed by atoms with Crippen LogP contribution in [0.4, 0.5) is 0 Å². The Hall–Kier alpha value is -3.14. The molecule has 2 aromatic carbocycles. The molecule has 3 rings (SSSR count). The summed E-state index contributed by atoms with van der Waals surface area (Å²) in [6.07, 6.45) is 4.65. The molecule has 1 heterocycles. The van der Waals surface area contributed by atoms with Crippen molar-refractivity contribution in [2.75, 3.05) is 0 Å². The predicted molar refractivity (Wildman–Crippen MR) is 88.4 cm³/mol. The summed E-state index contributed by atoms with van der Waals surface area (Å²) in [5.41, 5.74) is 2.15. The van der Waals surface area contributed by atoms with Gasteiger partial charge in [0.25, 0.3) is 5.56 Å². The number of hydrogen-bond acceptors (Lipinski definition) is 3. The summed E-state index contributed by atoms with van der Waals surface area (Å²) >= 11 is 0. The third-order valence-corrected chi connectivity index (χ3v) is 3.16. The first kappa shape index (κ1) is 13.8. The molecule has 0 amide bonds. The zero-order valence-electron chi connectivity index (χ0n) is 11.7. The molecule has 0 bridgehead atoms. The van der Waals surface area contributed by atoms with Crippen molar-refractivity contribution in [2.24, 2.45) is 0 Å². The van der Waals surface area contributed by atoms with Crippen LogP contribution in [0.15, 0.2) is 71.2 Å². The van der Waals surface area contributed by atoms with Gasteiger partial charge in [-0.1, -0.05) is 48.5 Å². The minimum atomic E-state index is -0.335. The number of aromatic amines is 1. The van der Waals surface area contributed by atoms with E-state index in [9.17, 15) is 9.90 Å². The van der Waals surface area contributed by atoms with Gasteiger partial charge in [0, 0.05) is 6.08 Å². The molecule has 0 aliphatic rings. The standard InChI is InChI=1S/C18H14N2O2/c21-14(11-10-13-6-2-1-3-7-13)12-17-18(22)20-16-9-5-4-8-15(16)19-17/h1-12,21H,(H,20,22)/b11-10+,14-12-. The van der Waals surface area contributed by atoms with E-state index in [0.29, 0.717) is 11.0 Å². The van der Waals surface area contributed by atoms with E-state index in [1.165, 1.54) is 12.2 Å². The predicted octanol–water partition coefficient (Wildman–Crippen LogP) is 3.54. The molecule has 108 valence electrons. The first-order valence-electron chi connectivity index (χ1n) is 6.85. The van der Waals surface area contributed by atoms with Crippen molar-refractivity contribution in [3.05, 3.63) is 88.0 Å². The molecule has 0 saturated heterocycles. The van der Waals surface area contributed by atoms with E-state index < -0.39 is 0 Å². The lowest BCUT2D eigenvalue weighted by Crippen LogP contribution is -2.11. The lowest BCUT2D eigenvalue weighted by Gasteiger charge is -1.99. The van der Waals surface area contributed by atoms with Gasteiger partial charge in [-0.25, -0.2) is 4.98 Å². The molecule has 0 radical (unpaired) electrons. The molecular weight excluding hydrogens is 276 g/mol. The monoisotopic (exact) mass is 290 g/mol. The van der Waals surface area contributed by atoms with Crippen molar-refractivity contribution in [3.63, 3.8) is 0 Å². The van der Waals surface area contributed by atoms with Crippen LogP contribution in [-0.4, -0.2) is 15.1 Å². The number of fused-ring (bicyclic) bond motifs is 1. The highest BCUT2D eigenvalue weighted by Gasteiger charge is 2.02. The highest BCUT2D eigenvalue weighted by Crippen LogP contribution is 2.09. The van der Waals surface area contributed by atoms with Crippen LogP contribution in [0.3, 0.4) is 0 Å². The van der Waals surface area contributed by atoms with E-state index in [-0.39, 0.29) is 17.0 Å². The fraction of sp³-hybridized carbons (Fsp3) is 0. The van der Waals surface area contributed by atoms with Crippen LogP contribution >= 0.6 is 0 Å². The third-order valence-electron chi connectivity index (χ3n) is 3.16. The molecule has 2 N–H and O–H groups in total. The van der Waals surface area contributed by atoms with Crippen LogP contribution < -0.4 is 5.56 Å². The average Bonchev–Trinajstić information content (AvgIpc) is 2.55. The molecule has 0 unspecified atom stereocenters. The second-order valence-corrected chi connectivity index (χ2v) is 4.78. The van der Waals surface area contributed by atoms with Gasteiger partial charge >= 0.3 is 0 Å². The second-order valence-electron chi connectivity index (χ2n) is 4.78. The van der Waals surface area contributed by atoms with Crippen LogP contribution in [0.1, 0.15) is 11.3 Å². The maximum Gasteiger partial charge on any atom is 0.274 e. The molecule has 0 fully saturated rings. The molecule has 22 heavy (non-hydrogen) atoms.